The van der Waals surface area contributed by atoms with E-state index in [0.717, 1.165) is 84.9 Å². The van der Waals surface area contributed by atoms with E-state index in [-0.39, 0.29) is 5.91 Å². The number of nitrogens with one attached hydrogen (secondary N) is 1. The van der Waals surface area contributed by atoms with Gasteiger partial charge in [-0.2, -0.15) is 0 Å². The first-order chi connectivity index (χ1) is 14.0. The minimum absolute atomic E-state index is 0.00317. The lowest BCUT2D eigenvalue weighted by Gasteiger charge is -2.31. The number of furan rings is 1. The first-order valence-corrected chi connectivity index (χ1v) is 10.5. The molecule has 3 aromatic rings. The molecule has 2 aromatic heterocycles. The summed E-state index contributed by atoms with van der Waals surface area (Å²) in [5.74, 6) is 2.96. The molecule has 0 atom stereocenters. The second-order valence-electron chi connectivity index (χ2n) is 8.33. The monoisotopic (exact) mass is 393 g/mol. The number of amides is 1. The SMILES string of the molecule is Cc1ccc(C)c2c(C)c(C(=O)N3CCC(c4nnc5n4CCNC5)CC3)oc12. The van der Waals surface area contributed by atoms with Crippen LogP contribution in [0.15, 0.2) is 16.5 Å². The fourth-order valence-corrected chi connectivity index (χ4v) is 4.78. The molecule has 1 N–H and O–H groups in total. The molecule has 0 aliphatic carbocycles. The molecule has 29 heavy (non-hydrogen) atoms. The number of fused-ring (bicyclic) bond motifs is 2. The third-order valence-electron chi connectivity index (χ3n) is 6.48. The fourth-order valence-electron chi connectivity index (χ4n) is 4.78. The van der Waals surface area contributed by atoms with E-state index in [9.17, 15) is 4.79 Å². The zero-order valence-corrected chi connectivity index (χ0v) is 17.3. The third kappa shape index (κ3) is 2.95. The summed E-state index contributed by atoms with van der Waals surface area (Å²) in [5.41, 5.74) is 4.00. The normalized spacial score (nSPS) is 17.7. The van der Waals surface area contributed by atoms with Crippen molar-refractivity contribution in [3.05, 3.63) is 46.2 Å². The number of likely N-dealkylation sites (tertiary alicyclic amines) is 1. The van der Waals surface area contributed by atoms with Gasteiger partial charge in [-0.3, -0.25) is 4.79 Å². The van der Waals surface area contributed by atoms with E-state index in [1.54, 1.807) is 0 Å². The molecule has 0 radical (unpaired) electrons. The molecule has 7 heteroatoms. The Morgan fingerprint density at radius 2 is 1.86 bits per heavy atom. The van der Waals surface area contributed by atoms with Crippen molar-refractivity contribution in [3.8, 4) is 0 Å². The van der Waals surface area contributed by atoms with Gasteiger partial charge in [0.1, 0.15) is 17.2 Å². The van der Waals surface area contributed by atoms with Gasteiger partial charge >= 0.3 is 0 Å². The molecule has 0 saturated carbocycles. The number of carbonyl (C=O) groups excluding carboxylic acids is 1. The molecule has 2 aliphatic heterocycles. The molecule has 1 amide bonds. The highest BCUT2D eigenvalue weighted by Crippen LogP contribution is 2.33. The van der Waals surface area contributed by atoms with Gasteiger partial charge in [0.15, 0.2) is 5.76 Å². The second-order valence-corrected chi connectivity index (χ2v) is 8.33. The molecule has 152 valence electrons. The quantitative estimate of drug-likeness (QED) is 0.724. The summed E-state index contributed by atoms with van der Waals surface area (Å²) < 4.78 is 8.33. The van der Waals surface area contributed by atoms with E-state index in [0.29, 0.717) is 11.7 Å². The van der Waals surface area contributed by atoms with Crippen LogP contribution in [-0.4, -0.2) is 45.2 Å². The Bertz CT molecular complexity index is 1090. The van der Waals surface area contributed by atoms with Gasteiger partial charge in [0.25, 0.3) is 5.91 Å². The Hall–Kier alpha value is -2.67. The predicted octanol–water partition coefficient (Wildman–Crippen LogP) is 3.07. The van der Waals surface area contributed by atoms with Crippen LogP contribution < -0.4 is 5.32 Å². The smallest absolute Gasteiger partial charge is 0.289 e. The molecule has 1 saturated heterocycles. The Labute approximate surface area is 170 Å². The van der Waals surface area contributed by atoms with E-state index < -0.39 is 0 Å². The van der Waals surface area contributed by atoms with Crippen LogP contribution in [-0.2, 0) is 13.1 Å². The number of hydrogen-bond donors (Lipinski definition) is 1. The topological polar surface area (TPSA) is 76.2 Å². The van der Waals surface area contributed by atoms with Gasteiger partial charge < -0.3 is 19.2 Å². The van der Waals surface area contributed by atoms with Crippen molar-refractivity contribution in [1.29, 1.82) is 0 Å². The maximum atomic E-state index is 13.2. The standard InChI is InChI=1S/C22H27N5O2/c1-13-4-5-14(2)19-18(13)15(3)20(29-19)22(28)26-9-6-16(7-10-26)21-25-24-17-12-23-8-11-27(17)21/h4-5,16,23H,6-12H2,1-3H3. The van der Waals surface area contributed by atoms with Crippen molar-refractivity contribution in [3.63, 3.8) is 0 Å². The summed E-state index contributed by atoms with van der Waals surface area (Å²) in [6.45, 7) is 10.2. The zero-order valence-electron chi connectivity index (χ0n) is 17.3. The van der Waals surface area contributed by atoms with Crippen LogP contribution in [0, 0.1) is 20.8 Å². The second kappa shape index (κ2) is 6.99. The van der Waals surface area contributed by atoms with Gasteiger partial charge in [0, 0.05) is 43.0 Å². The Balaban J connectivity index is 1.35. The minimum Gasteiger partial charge on any atom is -0.450 e. The lowest BCUT2D eigenvalue weighted by Crippen LogP contribution is -2.39. The number of hydrogen-bond acceptors (Lipinski definition) is 5. The van der Waals surface area contributed by atoms with Gasteiger partial charge in [-0.15, -0.1) is 10.2 Å². The number of benzene rings is 1. The van der Waals surface area contributed by atoms with Crippen LogP contribution >= 0.6 is 0 Å². The summed E-state index contributed by atoms with van der Waals surface area (Å²) in [5, 5.41) is 13.2. The predicted molar refractivity (Wildman–Crippen MR) is 110 cm³/mol. The van der Waals surface area contributed by atoms with E-state index in [4.69, 9.17) is 4.42 Å². The van der Waals surface area contributed by atoms with E-state index in [1.807, 2.05) is 18.7 Å². The zero-order chi connectivity index (χ0) is 20.1. The third-order valence-corrected chi connectivity index (χ3v) is 6.48. The first kappa shape index (κ1) is 18.4. The molecule has 1 aromatic carbocycles. The summed E-state index contributed by atoms with van der Waals surface area (Å²) in [4.78, 5) is 15.2. The average molecular weight is 393 g/mol. The molecule has 5 rings (SSSR count). The number of aromatic nitrogens is 3. The van der Waals surface area contributed by atoms with Crippen molar-refractivity contribution < 1.29 is 9.21 Å². The lowest BCUT2D eigenvalue weighted by atomic mass is 9.95. The van der Waals surface area contributed by atoms with E-state index in [2.05, 4.69) is 39.1 Å². The number of nitrogens with zero attached hydrogens (tertiary/aromatic N) is 4. The number of carbonyl (C=O) groups is 1. The molecular weight excluding hydrogens is 366 g/mol. The van der Waals surface area contributed by atoms with Crippen LogP contribution in [0.25, 0.3) is 11.0 Å². The highest BCUT2D eigenvalue weighted by molar-refractivity contribution is 6.00. The Morgan fingerprint density at radius 3 is 2.62 bits per heavy atom. The maximum absolute atomic E-state index is 13.2. The van der Waals surface area contributed by atoms with Crippen molar-refractivity contribution in [2.45, 2.75) is 52.6 Å². The van der Waals surface area contributed by atoms with Gasteiger partial charge in [-0.1, -0.05) is 12.1 Å². The Morgan fingerprint density at radius 1 is 1.10 bits per heavy atom. The Kier molecular flexibility index (Phi) is 4.42. The van der Waals surface area contributed by atoms with Crippen LogP contribution in [0.2, 0.25) is 0 Å². The van der Waals surface area contributed by atoms with Crippen molar-refractivity contribution in [2.24, 2.45) is 0 Å². The van der Waals surface area contributed by atoms with Gasteiger partial charge in [-0.05, 0) is 44.7 Å². The maximum Gasteiger partial charge on any atom is 0.289 e. The van der Waals surface area contributed by atoms with E-state index >= 15 is 0 Å². The van der Waals surface area contributed by atoms with Crippen LogP contribution in [0.4, 0.5) is 0 Å². The molecule has 4 heterocycles. The van der Waals surface area contributed by atoms with Crippen molar-refractivity contribution >= 4 is 16.9 Å². The molecule has 1 fully saturated rings. The summed E-state index contributed by atoms with van der Waals surface area (Å²) >= 11 is 0. The van der Waals surface area contributed by atoms with Gasteiger partial charge in [0.2, 0.25) is 0 Å². The number of piperidine rings is 1. The number of aryl methyl sites for hydroxylation is 3. The van der Waals surface area contributed by atoms with Gasteiger partial charge in [0.05, 0.1) is 6.54 Å². The minimum atomic E-state index is 0.00317. The number of rotatable bonds is 2. The molecule has 0 bridgehead atoms. The van der Waals surface area contributed by atoms with E-state index in [1.165, 1.54) is 0 Å². The van der Waals surface area contributed by atoms with Gasteiger partial charge in [-0.25, -0.2) is 0 Å². The summed E-state index contributed by atoms with van der Waals surface area (Å²) in [6.07, 6.45) is 1.82. The summed E-state index contributed by atoms with van der Waals surface area (Å²) in [7, 11) is 0. The molecule has 0 unspecified atom stereocenters. The summed E-state index contributed by atoms with van der Waals surface area (Å²) in [6, 6.07) is 4.14. The molecule has 0 spiro atoms. The van der Waals surface area contributed by atoms with Crippen LogP contribution in [0.3, 0.4) is 0 Å². The van der Waals surface area contributed by atoms with Crippen LogP contribution in [0.1, 0.15) is 57.7 Å². The van der Waals surface area contributed by atoms with Crippen molar-refractivity contribution in [1.82, 2.24) is 25.0 Å². The van der Waals surface area contributed by atoms with Crippen molar-refractivity contribution in [2.75, 3.05) is 19.6 Å². The lowest BCUT2D eigenvalue weighted by molar-refractivity contribution is 0.0679. The fraction of sp³-hybridized carbons (Fsp3) is 0.500. The molecule has 7 nitrogen and oxygen atoms in total. The highest BCUT2D eigenvalue weighted by Gasteiger charge is 2.31. The average Bonchev–Trinajstić information content (AvgIpc) is 3.33. The highest BCUT2D eigenvalue weighted by atomic mass is 16.3. The largest absolute Gasteiger partial charge is 0.450 e. The molecule has 2 aliphatic rings. The molecular formula is C22H27N5O2. The van der Waals surface area contributed by atoms with Crippen LogP contribution in [0.5, 0.6) is 0 Å². The first-order valence-electron chi connectivity index (χ1n) is 10.5.